The third-order valence-electron chi connectivity index (χ3n) is 2.26. The van der Waals surface area contributed by atoms with Crippen molar-refractivity contribution in [3.8, 4) is 0 Å². The molecule has 1 saturated heterocycles. The van der Waals surface area contributed by atoms with Crippen molar-refractivity contribution in [3.05, 3.63) is 0 Å². The Morgan fingerprint density at radius 3 is 2.07 bits per heavy atom. The number of rotatable bonds is 3. The molecule has 0 aliphatic carbocycles. The van der Waals surface area contributed by atoms with Crippen LogP contribution in [0.15, 0.2) is 0 Å². The second kappa shape index (κ2) is 4.39. The summed E-state index contributed by atoms with van der Waals surface area (Å²) in [6, 6.07) is 0. The Balaban J connectivity index is 2.54. The fraction of sp³-hybridized carbons (Fsp3) is 0.750. The van der Waals surface area contributed by atoms with Crippen molar-refractivity contribution >= 4 is 11.8 Å². The van der Waals surface area contributed by atoms with Crippen molar-refractivity contribution in [2.24, 2.45) is 5.73 Å². The molecule has 1 aliphatic heterocycles. The first-order valence-corrected chi connectivity index (χ1v) is 4.48. The molecule has 6 heteroatoms. The van der Waals surface area contributed by atoms with Crippen LogP contribution in [0.4, 0.5) is 0 Å². The number of aliphatic hydroxyl groups is 2. The highest BCUT2D eigenvalue weighted by molar-refractivity contribution is 5.89. The highest BCUT2D eigenvalue weighted by atomic mass is 16.3. The molecule has 1 fully saturated rings. The van der Waals surface area contributed by atoms with Gasteiger partial charge in [-0.2, -0.15) is 0 Å². The monoisotopic (exact) mass is 202 g/mol. The second-order valence-corrected chi connectivity index (χ2v) is 3.32. The van der Waals surface area contributed by atoms with E-state index in [2.05, 4.69) is 0 Å². The summed E-state index contributed by atoms with van der Waals surface area (Å²) in [6.07, 6.45) is -1.79. The van der Waals surface area contributed by atoms with Crippen LogP contribution in [0, 0.1) is 0 Å². The Hall–Kier alpha value is -1.14. The van der Waals surface area contributed by atoms with Crippen molar-refractivity contribution in [1.82, 2.24) is 4.90 Å². The number of aliphatic hydroxyl groups excluding tert-OH is 2. The normalized spacial score (nSPS) is 20.6. The average molecular weight is 202 g/mol. The summed E-state index contributed by atoms with van der Waals surface area (Å²) in [5.74, 6) is -1.72. The van der Waals surface area contributed by atoms with Gasteiger partial charge in [0.2, 0.25) is 5.91 Å². The number of primary amides is 1. The molecule has 0 aromatic heterocycles. The molecule has 0 aromatic rings. The smallest absolute Gasteiger partial charge is 0.254 e. The van der Waals surface area contributed by atoms with Gasteiger partial charge in [0.25, 0.3) is 5.91 Å². The molecule has 1 heterocycles. The summed E-state index contributed by atoms with van der Waals surface area (Å²) in [4.78, 5) is 23.3. The van der Waals surface area contributed by atoms with Gasteiger partial charge in [0.1, 0.15) is 0 Å². The van der Waals surface area contributed by atoms with E-state index >= 15 is 0 Å². The molecule has 0 aromatic carbocycles. The quantitative estimate of drug-likeness (QED) is 0.483. The van der Waals surface area contributed by atoms with Crippen molar-refractivity contribution in [2.45, 2.75) is 25.0 Å². The predicted molar refractivity (Wildman–Crippen MR) is 47.0 cm³/mol. The maximum atomic E-state index is 11.4. The molecule has 14 heavy (non-hydrogen) atoms. The van der Waals surface area contributed by atoms with E-state index in [4.69, 9.17) is 10.8 Å². The zero-order valence-corrected chi connectivity index (χ0v) is 7.72. The number of nitrogens with zero attached hydrogens (tertiary/aromatic N) is 1. The fourth-order valence-electron chi connectivity index (χ4n) is 1.42. The number of likely N-dealkylation sites (tertiary alicyclic amines) is 1. The minimum Gasteiger partial charge on any atom is -0.380 e. The van der Waals surface area contributed by atoms with Crippen LogP contribution >= 0.6 is 0 Å². The Morgan fingerprint density at radius 1 is 1.14 bits per heavy atom. The highest BCUT2D eigenvalue weighted by Crippen LogP contribution is 2.10. The molecule has 2 amide bonds. The number of nitrogens with two attached hydrogens (primary N) is 1. The van der Waals surface area contributed by atoms with Crippen LogP contribution in [0.3, 0.4) is 0 Å². The molecular formula is C8H14N2O4. The molecule has 1 rings (SSSR count). The Labute approximate surface area is 81.3 Å². The summed E-state index contributed by atoms with van der Waals surface area (Å²) in [5, 5.41) is 18.3. The predicted octanol–water partition coefficient (Wildman–Crippen LogP) is -2.18. The summed E-state index contributed by atoms with van der Waals surface area (Å²) >= 11 is 0. The molecule has 2 atom stereocenters. The van der Waals surface area contributed by atoms with Gasteiger partial charge in [-0.25, -0.2) is 0 Å². The third-order valence-corrected chi connectivity index (χ3v) is 2.26. The lowest BCUT2D eigenvalue weighted by Crippen LogP contribution is -2.48. The first kappa shape index (κ1) is 10.9. The van der Waals surface area contributed by atoms with Gasteiger partial charge in [-0.05, 0) is 12.8 Å². The highest BCUT2D eigenvalue weighted by Gasteiger charge is 2.32. The van der Waals surface area contributed by atoms with Crippen LogP contribution in [0.25, 0.3) is 0 Å². The Morgan fingerprint density at radius 2 is 1.64 bits per heavy atom. The van der Waals surface area contributed by atoms with E-state index in [0.29, 0.717) is 13.1 Å². The van der Waals surface area contributed by atoms with Gasteiger partial charge in [0, 0.05) is 13.1 Å². The van der Waals surface area contributed by atoms with Crippen LogP contribution in [0.2, 0.25) is 0 Å². The van der Waals surface area contributed by atoms with Gasteiger partial charge in [-0.1, -0.05) is 0 Å². The number of hydrogen-bond donors (Lipinski definition) is 3. The van der Waals surface area contributed by atoms with E-state index in [1.165, 1.54) is 4.90 Å². The first-order valence-electron chi connectivity index (χ1n) is 4.48. The van der Waals surface area contributed by atoms with Crippen molar-refractivity contribution in [2.75, 3.05) is 13.1 Å². The number of carbonyl (C=O) groups excluding carboxylic acids is 2. The fourth-order valence-corrected chi connectivity index (χ4v) is 1.42. The van der Waals surface area contributed by atoms with Crippen LogP contribution in [0.5, 0.6) is 0 Å². The van der Waals surface area contributed by atoms with Crippen molar-refractivity contribution in [1.29, 1.82) is 0 Å². The molecule has 0 saturated carbocycles. The lowest BCUT2D eigenvalue weighted by atomic mass is 10.1. The van der Waals surface area contributed by atoms with E-state index in [-0.39, 0.29) is 0 Å². The molecule has 4 N–H and O–H groups in total. The van der Waals surface area contributed by atoms with E-state index in [1.807, 2.05) is 0 Å². The topological polar surface area (TPSA) is 104 Å². The SMILES string of the molecule is NC(=O)C(O)C(O)C(=O)N1CCCC1. The van der Waals surface area contributed by atoms with Gasteiger partial charge in [-0.15, -0.1) is 0 Å². The maximum Gasteiger partial charge on any atom is 0.254 e. The summed E-state index contributed by atoms with van der Waals surface area (Å²) in [5.41, 5.74) is 4.75. The standard InChI is InChI=1S/C8H14N2O4/c9-7(13)5(11)6(12)8(14)10-3-1-2-4-10/h5-6,11-12H,1-4H2,(H2,9,13). The molecule has 0 spiro atoms. The minimum absolute atomic E-state index is 0.557. The number of amides is 2. The Kier molecular flexibility index (Phi) is 3.43. The van der Waals surface area contributed by atoms with Gasteiger partial charge in [0.15, 0.2) is 12.2 Å². The third kappa shape index (κ3) is 2.21. The second-order valence-electron chi connectivity index (χ2n) is 3.32. The van der Waals surface area contributed by atoms with Crippen molar-refractivity contribution in [3.63, 3.8) is 0 Å². The van der Waals surface area contributed by atoms with E-state index < -0.39 is 24.0 Å². The molecule has 2 unspecified atom stereocenters. The molecule has 0 bridgehead atoms. The van der Waals surface area contributed by atoms with Gasteiger partial charge in [0.05, 0.1) is 0 Å². The average Bonchev–Trinajstić information content (AvgIpc) is 2.67. The molecule has 80 valence electrons. The largest absolute Gasteiger partial charge is 0.380 e. The van der Waals surface area contributed by atoms with Crippen LogP contribution in [-0.2, 0) is 9.59 Å². The molecule has 0 radical (unpaired) electrons. The van der Waals surface area contributed by atoms with Crippen molar-refractivity contribution < 1.29 is 19.8 Å². The van der Waals surface area contributed by atoms with Crippen LogP contribution in [0.1, 0.15) is 12.8 Å². The molecule has 1 aliphatic rings. The summed E-state index contributed by atoms with van der Waals surface area (Å²) in [7, 11) is 0. The zero-order chi connectivity index (χ0) is 10.7. The van der Waals surface area contributed by atoms with Gasteiger partial charge in [-0.3, -0.25) is 9.59 Å². The van der Waals surface area contributed by atoms with Crippen LogP contribution < -0.4 is 5.73 Å². The summed E-state index contributed by atoms with van der Waals surface area (Å²) < 4.78 is 0. The molecular weight excluding hydrogens is 188 g/mol. The van der Waals surface area contributed by atoms with Gasteiger partial charge < -0.3 is 20.8 Å². The summed E-state index contributed by atoms with van der Waals surface area (Å²) in [6.45, 7) is 1.11. The maximum absolute atomic E-state index is 11.4. The first-order chi connectivity index (χ1) is 6.54. The lowest BCUT2D eigenvalue weighted by Gasteiger charge is -2.21. The van der Waals surface area contributed by atoms with E-state index in [9.17, 15) is 14.7 Å². The molecule has 6 nitrogen and oxygen atoms in total. The van der Waals surface area contributed by atoms with Crippen LogP contribution in [-0.4, -0.2) is 52.2 Å². The lowest BCUT2D eigenvalue weighted by molar-refractivity contribution is -0.151. The van der Waals surface area contributed by atoms with E-state index in [0.717, 1.165) is 12.8 Å². The number of carbonyl (C=O) groups is 2. The minimum atomic E-state index is -1.82. The number of hydrogen-bond acceptors (Lipinski definition) is 4. The Bertz CT molecular complexity index is 237. The zero-order valence-electron chi connectivity index (χ0n) is 7.72. The van der Waals surface area contributed by atoms with Gasteiger partial charge >= 0.3 is 0 Å². The van der Waals surface area contributed by atoms with E-state index in [1.54, 1.807) is 0 Å².